The first-order valence-electron chi connectivity index (χ1n) is 5.56. The molecule has 6 heteroatoms. The van der Waals surface area contributed by atoms with Gasteiger partial charge >= 0.3 is 5.97 Å². The van der Waals surface area contributed by atoms with Crippen LogP contribution in [0.1, 0.15) is 35.8 Å². The van der Waals surface area contributed by atoms with Crippen LogP contribution in [0.15, 0.2) is 12.1 Å². The third-order valence-electron chi connectivity index (χ3n) is 2.45. The summed E-state index contributed by atoms with van der Waals surface area (Å²) in [5, 5.41) is 9.04. The third-order valence-corrected chi connectivity index (χ3v) is 2.45. The number of amides is 1. The number of nitrogens with two attached hydrogens (primary N) is 1. The van der Waals surface area contributed by atoms with Crippen molar-refractivity contribution in [2.45, 2.75) is 19.8 Å². The number of carbonyl (C=O) groups excluding carboxylic acids is 1. The molecule has 98 valence electrons. The fraction of sp³-hybridized carbons (Fsp3) is 0.417. The van der Waals surface area contributed by atoms with Crippen molar-refractivity contribution in [3.8, 4) is 0 Å². The SMILES string of the molecule is CC(C)c1cc(C(=O)O)cc(N(C)CC(N)=O)n1. The molecule has 0 radical (unpaired) electrons. The quantitative estimate of drug-likeness (QED) is 0.807. The van der Waals surface area contributed by atoms with Crippen molar-refractivity contribution in [1.29, 1.82) is 0 Å². The number of hydrogen-bond acceptors (Lipinski definition) is 4. The number of anilines is 1. The second-order valence-electron chi connectivity index (χ2n) is 4.42. The molecule has 1 aromatic heterocycles. The molecule has 0 fully saturated rings. The maximum Gasteiger partial charge on any atom is 0.335 e. The van der Waals surface area contributed by atoms with Crippen LogP contribution in [0.25, 0.3) is 0 Å². The van der Waals surface area contributed by atoms with Gasteiger partial charge in [-0.3, -0.25) is 4.79 Å². The lowest BCUT2D eigenvalue weighted by molar-refractivity contribution is -0.116. The van der Waals surface area contributed by atoms with E-state index in [1.807, 2.05) is 13.8 Å². The van der Waals surface area contributed by atoms with Crippen LogP contribution in [-0.4, -0.2) is 35.6 Å². The van der Waals surface area contributed by atoms with Crippen LogP contribution >= 0.6 is 0 Å². The fourth-order valence-electron chi connectivity index (χ4n) is 1.47. The summed E-state index contributed by atoms with van der Waals surface area (Å²) in [6, 6.07) is 2.96. The lowest BCUT2D eigenvalue weighted by atomic mass is 10.1. The summed E-state index contributed by atoms with van der Waals surface area (Å²) < 4.78 is 0. The van der Waals surface area contributed by atoms with E-state index in [-0.39, 0.29) is 18.0 Å². The first-order chi connectivity index (χ1) is 8.31. The van der Waals surface area contributed by atoms with Gasteiger partial charge in [0.2, 0.25) is 5.91 Å². The van der Waals surface area contributed by atoms with Gasteiger partial charge in [-0.1, -0.05) is 13.8 Å². The molecule has 0 saturated carbocycles. The first-order valence-corrected chi connectivity index (χ1v) is 5.56. The Bertz CT molecular complexity index is 472. The van der Waals surface area contributed by atoms with Gasteiger partial charge in [-0.2, -0.15) is 0 Å². The standard InChI is InChI=1S/C12H17N3O3/c1-7(2)9-4-8(12(17)18)5-11(14-9)15(3)6-10(13)16/h4-5,7H,6H2,1-3H3,(H2,13,16)(H,17,18). The normalized spacial score (nSPS) is 10.4. The van der Waals surface area contributed by atoms with Gasteiger partial charge in [-0.15, -0.1) is 0 Å². The molecule has 1 amide bonds. The summed E-state index contributed by atoms with van der Waals surface area (Å²) in [5.41, 5.74) is 5.92. The minimum Gasteiger partial charge on any atom is -0.478 e. The van der Waals surface area contributed by atoms with Gasteiger partial charge in [0, 0.05) is 12.7 Å². The minimum atomic E-state index is -1.02. The molecule has 0 saturated heterocycles. The Hall–Kier alpha value is -2.11. The number of hydrogen-bond donors (Lipinski definition) is 2. The van der Waals surface area contributed by atoms with Crippen molar-refractivity contribution in [3.05, 3.63) is 23.4 Å². The third kappa shape index (κ3) is 3.44. The van der Waals surface area contributed by atoms with Gasteiger partial charge in [0.15, 0.2) is 0 Å². The maximum absolute atomic E-state index is 11.0. The molecule has 0 atom stereocenters. The number of pyridine rings is 1. The van der Waals surface area contributed by atoms with E-state index in [0.717, 1.165) is 0 Å². The van der Waals surface area contributed by atoms with Gasteiger partial charge in [-0.25, -0.2) is 9.78 Å². The monoisotopic (exact) mass is 251 g/mol. The van der Waals surface area contributed by atoms with Crippen molar-refractivity contribution in [2.75, 3.05) is 18.5 Å². The number of likely N-dealkylation sites (N-methyl/N-ethyl adjacent to an activating group) is 1. The average Bonchev–Trinajstić information content (AvgIpc) is 2.27. The number of rotatable bonds is 5. The van der Waals surface area contributed by atoms with E-state index in [4.69, 9.17) is 10.8 Å². The molecule has 18 heavy (non-hydrogen) atoms. The van der Waals surface area contributed by atoms with Gasteiger partial charge in [0.05, 0.1) is 12.1 Å². The van der Waals surface area contributed by atoms with Crippen LogP contribution in [0.2, 0.25) is 0 Å². The Labute approximate surface area is 105 Å². The second-order valence-corrected chi connectivity index (χ2v) is 4.42. The highest BCUT2D eigenvalue weighted by atomic mass is 16.4. The second kappa shape index (κ2) is 5.48. The van der Waals surface area contributed by atoms with Crippen molar-refractivity contribution in [2.24, 2.45) is 5.73 Å². The van der Waals surface area contributed by atoms with Gasteiger partial charge in [0.25, 0.3) is 0 Å². The molecular formula is C12H17N3O3. The highest BCUT2D eigenvalue weighted by Crippen LogP contribution is 2.19. The topological polar surface area (TPSA) is 96.5 Å². The summed E-state index contributed by atoms with van der Waals surface area (Å²) in [5.74, 6) is -0.985. The molecule has 0 aromatic carbocycles. The van der Waals surface area contributed by atoms with Crippen LogP contribution in [0.5, 0.6) is 0 Å². The molecule has 0 aliphatic rings. The predicted octanol–water partition coefficient (Wildman–Crippen LogP) is 0.825. The smallest absolute Gasteiger partial charge is 0.335 e. The molecule has 1 heterocycles. The maximum atomic E-state index is 11.0. The predicted molar refractivity (Wildman–Crippen MR) is 67.7 cm³/mol. The molecule has 0 spiro atoms. The van der Waals surface area contributed by atoms with E-state index in [9.17, 15) is 9.59 Å². The largest absolute Gasteiger partial charge is 0.478 e. The Balaban J connectivity index is 3.18. The average molecular weight is 251 g/mol. The van der Waals surface area contributed by atoms with Gasteiger partial charge < -0.3 is 15.7 Å². The van der Waals surface area contributed by atoms with E-state index in [1.54, 1.807) is 7.05 Å². The van der Waals surface area contributed by atoms with Crippen molar-refractivity contribution < 1.29 is 14.7 Å². The summed E-state index contributed by atoms with van der Waals surface area (Å²) in [6.07, 6.45) is 0. The number of primary amides is 1. The molecule has 1 aromatic rings. The molecule has 6 nitrogen and oxygen atoms in total. The zero-order valence-corrected chi connectivity index (χ0v) is 10.7. The number of aromatic carboxylic acids is 1. The van der Waals surface area contributed by atoms with Crippen LogP contribution < -0.4 is 10.6 Å². The van der Waals surface area contributed by atoms with E-state index < -0.39 is 11.9 Å². The Morgan fingerprint density at radius 2 is 2.06 bits per heavy atom. The summed E-state index contributed by atoms with van der Waals surface area (Å²) in [6.45, 7) is 3.84. The van der Waals surface area contributed by atoms with Crippen molar-refractivity contribution >= 4 is 17.7 Å². The molecule has 1 rings (SSSR count). The molecule has 0 bridgehead atoms. The lowest BCUT2D eigenvalue weighted by Gasteiger charge is -2.18. The summed E-state index contributed by atoms with van der Waals surface area (Å²) in [7, 11) is 1.64. The number of carbonyl (C=O) groups is 2. The number of aromatic nitrogens is 1. The zero-order chi connectivity index (χ0) is 13.9. The summed E-state index contributed by atoms with van der Waals surface area (Å²) in [4.78, 5) is 27.7. The van der Waals surface area contributed by atoms with E-state index in [1.165, 1.54) is 17.0 Å². The summed E-state index contributed by atoms with van der Waals surface area (Å²) >= 11 is 0. The highest BCUT2D eigenvalue weighted by Gasteiger charge is 2.14. The Morgan fingerprint density at radius 1 is 1.44 bits per heavy atom. The zero-order valence-electron chi connectivity index (χ0n) is 10.7. The number of carboxylic acids is 1. The van der Waals surface area contributed by atoms with Crippen LogP contribution in [0.3, 0.4) is 0 Å². The lowest BCUT2D eigenvalue weighted by Crippen LogP contribution is -2.31. The first kappa shape index (κ1) is 14.0. The van der Waals surface area contributed by atoms with E-state index >= 15 is 0 Å². The van der Waals surface area contributed by atoms with E-state index in [2.05, 4.69) is 4.98 Å². The van der Waals surface area contributed by atoms with Crippen molar-refractivity contribution in [1.82, 2.24) is 4.98 Å². The number of carboxylic acid groups (broad SMARTS) is 1. The Kier molecular flexibility index (Phi) is 4.25. The highest BCUT2D eigenvalue weighted by molar-refractivity contribution is 5.89. The van der Waals surface area contributed by atoms with Crippen molar-refractivity contribution in [3.63, 3.8) is 0 Å². The molecule has 3 N–H and O–H groups in total. The van der Waals surface area contributed by atoms with Gasteiger partial charge in [-0.05, 0) is 18.1 Å². The van der Waals surface area contributed by atoms with Crippen LogP contribution in [0, 0.1) is 0 Å². The minimum absolute atomic E-state index is 0.00634. The van der Waals surface area contributed by atoms with Gasteiger partial charge in [0.1, 0.15) is 5.82 Å². The molecule has 0 aliphatic carbocycles. The molecular weight excluding hydrogens is 234 g/mol. The van der Waals surface area contributed by atoms with Crippen LogP contribution in [-0.2, 0) is 4.79 Å². The number of nitrogens with zero attached hydrogens (tertiary/aromatic N) is 2. The molecule has 0 aliphatic heterocycles. The van der Waals surface area contributed by atoms with E-state index in [0.29, 0.717) is 11.5 Å². The molecule has 0 unspecified atom stereocenters. The Morgan fingerprint density at radius 3 is 2.50 bits per heavy atom. The van der Waals surface area contributed by atoms with Crippen LogP contribution in [0.4, 0.5) is 5.82 Å². The fourth-order valence-corrected chi connectivity index (χ4v) is 1.47.